The lowest BCUT2D eigenvalue weighted by Gasteiger charge is -2.21. The van der Waals surface area contributed by atoms with Crippen LogP contribution < -0.4 is 15.7 Å². The van der Waals surface area contributed by atoms with Gasteiger partial charge < -0.3 is 10.2 Å². The molecule has 3 aromatic rings. The quantitative estimate of drug-likeness (QED) is 0.692. The maximum absolute atomic E-state index is 14.5. The fourth-order valence-electron chi connectivity index (χ4n) is 3.85. The summed E-state index contributed by atoms with van der Waals surface area (Å²) >= 11 is 0. The first-order valence-corrected chi connectivity index (χ1v) is 9.85. The molecule has 1 aliphatic carbocycles. The Labute approximate surface area is 168 Å². The molecule has 150 valence electrons. The Morgan fingerprint density at radius 3 is 2.59 bits per heavy atom. The lowest BCUT2D eigenvalue weighted by molar-refractivity contribution is 0.0908. The van der Waals surface area contributed by atoms with Crippen molar-refractivity contribution in [2.75, 3.05) is 6.61 Å². The smallest absolute Gasteiger partial charge is 0.294 e. The summed E-state index contributed by atoms with van der Waals surface area (Å²) in [6.45, 7) is 3.59. The maximum atomic E-state index is 14.5. The van der Waals surface area contributed by atoms with Gasteiger partial charge in [0.05, 0.1) is 22.7 Å². The number of fused-ring (bicyclic) bond motifs is 1. The van der Waals surface area contributed by atoms with Crippen molar-refractivity contribution in [1.29, 1.82) is 0 Å². The maximum Gasteiger partial charge on any atom is 0.294 e. The zero-order valence-corrected chi connectivity index (χ0v) is 16.4. The average molecular weight is 394 g/mol. The number of carbonyl (C=O) groups is 1. The molecule has 1 unspecified atom stereocenters. The Morgan fingerprint density at radius 1 is 1.21 bits per heavy atom. The molecule has 1 aliphatic rings. The molecule has 0 aliphatic heterocycles. The van der Waals surface area contributed by atoms with E-state index in [1.54, 1.807) is 19.9 Å². The molecule has 2 aromatic carbocycles. The summed E-state index contributed by atoms with van der Waals surface area (Å²) in [4.78, 5) is 31.6. The molecule has 6 heteroatoms. The highest BCUT2D eigenvalue weighted by molar-refractivity contribution is 6.08. The zero-order chi connectivity index (χ0) is 20.5. The summed E-state index contributed by atoms with van der Waals surface area (Å²) in [5.74, 6) is -0.633. The van der Waals surface area contributed by atoms with Gasteiger partial charge in [0.1, 0.15) is 12.4 Å². The Hall–Kier alpha value is -3.15. The highest BCUT2D eigenvalue weighted by Gasteiger charge is 2.34. The minimum Gasteiger partial charge on any atom is -0.411 e. The van der Waals surface area contributed by atoms with Crippen LogP contribution >= 0.6 is 0 Å². The molecule has 0 bridgehead atoms. The summed E-state index contributed by atoms with van der Waals surface area (Å²) in [5, 5.41) is 3.28. The molecule has 5 nitrogen and oxygen atoms in total. The van der Waals surface area contributed by atoms with Crippen molar-refractivity contribution in [2.24, 2.45) is 5.92 Å². The number of benzene rings is 2. The number of nitrogens with one attached hydrogen (secondary N) is 1. The number of carbonyl (C=O) groups excluding carboxylic acids is 1. The Bertz CT molecular complexity index is 1120. The van der Waals surface area contributed by atoms with Crippen molar-refractivity contribution >= 4 is 16.7 Å². The second-order valence-electron chi connectivity index (χ2n) is 7.34. The number of halogens is 1. The molecule has 1 amide bonds. The molecule has 1 saturated carbocycles. The molecular weight excluding hydrogens is 371 g/mol. The van der Waals surface area contributed by atoms with Crippen LogP contribution in [0.3, 0.4) is 0 Å². The summed E-state index contributed by atoms with van der Waals surface area (Å²) in [6.07, 6.45) is 2.10. The molecule has 0 saturated heterocycles. The van der Waals surface area contributed by atoms with Crippen LogP contribution in [0.5, 0.6) is 0 Å². The van der Waals surface area contributed by atoms with Crippen molar-refractivity contribution < 1.29 is 14.0 Å². The number of hydrogen-bond acceptors (Lipinski definition) is 3. The molecule has 1 atom stereocenters. The number of hydrogen-bond donors (Lipinski definition) is 1. The van der Waals surface area contributed by atoms with Gasteiger partial charge in [-0.05, 0) is 44.2 Å². The first kappa shape index (κ1) is 19.2. The summed E-state index contributed by atoms with van der Waals surface area (Å²) in [6, 6.07) is 14.0. The predicted molar refractivity (Wildman–Crippen MR) is 109 cm³/mol. The zero-order valence-electron chi connectivity index (χ0n) is 16.4. The van der Waals surface area contributed by atoms with Gasteiger partial charge in [-0.2, -0.15) is 0 Å². The third-order valence-corrected chi connectivity index (χ3v) is 5.37. The van der Waals surface area contributed by atoms with E-state index in [1.165, 1.54) is 12.1 Å². The van der Waals surface area contributed by atoms with Crippen molar-refractivity contribution in [3.05, 3.63) is 81.5 Å². The molecule has 29 heavy (non-hydrogen) atoms. The van der Waals surface area contributed by atoms with Gasteiger partial charge >= 0.3 is 0 Å². The van der Waals surface area contributed by atoms with E-state index in [0.717, 1.165) is 23.1 Å². The highest BCUT2D eigenvalue weighted by Crippen LogP contribution is 2.41. The van der Waals surface area contributed by atoms with Crippen molar-refractivity contribution in [3.63, 3.8) is 0 Å². The lowest BCUT2D eigenvalue weighted by Crippen LogP contribution is -2.35. The van der Waals surface area contributed by atoms with Crippen LogP contribution in [-0.2, 0) is 0 Å². The summed E-state index contributed by atoms with van der Waals surface area (Å²) in [7, 11) is 0. The number of aromatic nitrogens is 1. The molecule has 0 spiro atoms. The van der Waals surface area contributed by atoms with E-state index in [2.05, 4.69) is 5.32 Å². The topological polar surface area (TPSA) is 60.3 Å². The van der Waals surface area contributed by atoms with E-state index in [1.807, 2.05) is 30.3 Å². The van der Waals surface area contributed by atoms with Gasteiger partial charge in [0.2, 0.25) is 0 Å². The van der Waals surface area contributed by atoms with Crippen LogP contribution in [0, 0.1) is 18.7 Å². The van der Waals surface area contributed by atoms with Crippen LogP contribution in [0.25, 0.3) is 10.8 Å². The van der Waals surface area contributed by atoms with E-state index >= 15 is 0 Å². The van der Waals surface area contributed by atoms with Gasteiger partial charge in [0.25, 0.3) is 11.5 Å². The molecule has 1 fully saturated rings. The van der Waals surface area contributed by atoms with E-state index in [0.29, 0.717) is 17.0 Å². The van der Waals surface area contributed by atoms with Crippen molar-refractivity contribution in [1.82, 2.24) is 10.0 Å². The largest absolute Gasteiger partial charge is 0.411 e. The van der Waals surface area contributed by atoms with E-state index < -0.39 is 11.4 Å². The normalized spacial score (nSPS) is 14.6. The van der Waals surface area contributed by atoms with Crippen LogP contribution in [0.4, 0.5) is 4.39 Å². The third-order valence-electron chi connectivity index (χ3n) is 5.37. The molecule has 4 rings (SSSR count). The molecule has 1 N–H and O–H groups in total. The van der Waals surface area contributed by atoms with Crippen molar-refractivity contribution in [2.45, 2.75) is 32.7 Å². The summed E-state index contributed by atoms with van der Waals surface area (Å²) < 4.78 is 15.5. The van der Waals surface area contributed by atoms with E-state index in [9.17, 15) is 14.0 Å². The SMILES string of the molecule is CCOn1c(C)c(C(=O)NC(c2ccccc2)C2CC2)c2cccc(F)c2c1=O. The Kier molecular flexibility index (Phi) is 5.09. The number of nitrogens with zero attached hydrogens (tertiary/aromatic N) is 1. The Balaban J connectivity index is 1.83. The van der Waals surface area contributed by atoms with Crippen molar-refractivity contribution in [3.8, 4) is 0 Å². The second kappa shape index (κ2) is 7.70. The third kappa shape index (κ3) is 3.50. The van der Waals surface area contributed by atoms with Gasteiger partial charge in [-0.15, -0.1) is 4.73 Å². The monoisotopic (exact) mass is 394 g/mol. The number of amides is 1. The van der Waals surface area contributed by atoms with Crippen LogP contribution in [-0.4, -0.2) is 17.2 Å². The van der Waals surface area contributed by atoms with E-state index in [-0.39, 0.29) is 29.5 Å². The predicted octanol–water partition coefficient (Wildman–Crippen LogP) is 3.78. The average Bonchev–Trinajstić information content (AvgIpc) is 3.55. The lowest BCUT2D eigenvalue weighted by atomic mass is 9.99. The first-order chi connectivity index (χ1) is 14.0. The van der Waals surface area contributed by atoms with Gasteiger partial charge in [-0.25, -0.2) is 4.39 Å². The second-order valence-corrected chi connectivity index (χ2v) is 7.34. The number of pyridine rings is 1. The fourth-order valence-corrected chi connectivity index (χ4v) is 3.85. The minimum atomic E-state index is -0.670. The molecule has 1 heterocycles. The minimum absolute atomic E-state index is 0.126. The fraction of sp³-hybridized carbons (Fsp3) is 0.304. The summed E-state index contributed by atoms with van der Waals surface area (Å²) in [5.41, 5.74) is 1.05. The van der Waals surface area contributed by atoms with Gasteiger partial charge in [-0.3, -0.25) is 9.59 Å². The highest BCUT2D eigenvalue weighted by atomic mass is 19.1. The van der Waals surface area contributed by atoms with Crippen LogP contribution in [0.2, 0.25) is 0 Å². The molecule has 1 aromatic heterocycles. The van der Waals surface area contributed by atoms with Crippen LogP contribution in [0.1, 0.15) is 47.4 Å². The first-order valence-electron chi connectivity index (χ1n) is 9.85. The van der Waals surface area contributed by atoms with Gasteiger partial charge in [0.15, 0.2) is 0 Å². The number of rotatable bonds is 6. The standard InChI is InChI=1S/C23H23FN2O3/c1-3-29-26-14(2)19(17-10-7-11-18(24)20(17)23(26)28)22(27)25-21(16-12-13-16)15-8-5-4-6-9-15/h4-11,16,21H,3,12-13H2,1-2H3,(H,25,27). The van der Waals surface area contributed by atoms with Crippen LogP contribution in [0.15, 0.2) is 53.3 Å². The van der Waals surface area contributed by atoms with Gasteiger partial charge in [-0.1, -0.05) is 42.5 Å². The van der Waals surface area contributed by atoms with E-state index in [4.69, 9.17) is 4.84 Å². The molecular formula is C23H23FN2O3. The Morgan fingerprint density at radius 2 is 1.93 bits per heavy atom. The van der Waals surface area contributed by atoms with Gasteiger partial charge in [0, 0.05) is 5.39 Å². The molecule has 0 radical (unpaired) electrons.